The Morgan fingerprint density at radius 2 is 2.06 bits per heavy atom. The zero-order valence-electron chi connectivity index (χ0n) is 8.86. The first-order valence-electron chi connectivity index (χ1n) is 4.77. The van der Waals surface area contributed by atoms with E-state index in [-0.39, 0.29) is 0 Å². The molecule has 0 saturated carbocycles. The topological polar surface area (TPSA) is 42.7 Å². The molecule has 0 fully saturated rings. The maximum atomic E-state index is 12.4. The third kappa shape index (κ3) is 2.38. The third-order valence-electron chi connectivity index (χ3n) is 2.16. The van der Waals surface area contributed by atoms with E-state index in [1.807, 2.05) is 0 Å². The summed E-state index contributed by atoms with van der Waals surface area (Å²) < 4.78 is 38.2. The first-order valence-corrected chi connectivity index (χ1v) is 4.77. The molecule has 0 atom stereocenters. The van der Waals surface area contributed by atoms with Crippen LogP contribution in [0.25, 0.3) is 5.69 Å². The molecule has 0 bridgehead atoms. The zero-order valence-corrected chi connectivity index (χ0v) is 8.86. The molecule has 0 aromatic carbocycles. The van der Waals surface area contributed by atoms with Crippen molar-refractivity contribution in [1.82, 2.24) is 14.8 Å². The van der Waals surface area contributed by atoms with Crippen molar-refractivity contribution in [3.63, 3.8) is 0 Å². The van der Waals surface area contributed by atoms with Gasteiger partial charge in [0.05, 0.1) is 23.8 Å². The number of alkyl halides is 3. The summed E-state index contributed by atoms with van der Waals surface area (Å²) in [4.78, 5) is 3.90. The molecule has 90 valence electrons. The van der Waals surface area contributed by atoms with Crippen LogP contribution in [0.1, 0.15) is 5.69 Å². The Morgan fingerprint density at radius 3 is 2.65 bits per heavy atom. The molecular formula is C10H9F3N4. The van der Waals surface area contributed by atoms with E-state index < -0.39 is 11.9 Å². The molecule has 0 aliphatic carbocycles. The first-order chi connectivity index (χ1) is 8.00. The highest BCUT2D eigenvalue weighted by Crippen LogP contribution is 2.27. The molecule has 0 aliphatic rings. The summed E-state index contributed by atoms with van der Waals surface area (Å²) in [6.07, 6.45) is -0.176. The van der Waals surface area contributed by atoms with Crippen LogP contribution in [0.4, 0.5) is 18.9 Å². The van der Waals surface area contributed by atoms with Gasteiger partial charge in [0.1, 0.15) is 0 Å². The van der Waals surface area contributed by atoms with Gasteiger partial charge in [0, 0.05) is 13.2 Å². The normalized spacial score (nSPS) is 11.5. The lowest BCUT2D eigenvalue weighted by Crippen LogP contribution is -2.07. The molecule has 17 heavy (non-hydrogen) atoms. The molecule has 0 aliphatic heterocycles. The van der Waals surface area contributed by atoms with E-state index in [1.165, 1.54) is 12.4 Å². The number of hydrogen-bond donors (Lipinski definition) is 1. The second-order valence-corrected chi connectivity index (χ2v) is 3.33. The molecular weight excluding hydrogens is 233 g/mol. The van der Waals surface area contributed by atoms with Gasteiger partial charge < -0.3 is 5.32 Å². The molecule has 4 nitrogen and oxygen atoms in total. The fourth-order valence-electron chi connectivity index (χ4n) is 1.31. The largest absolute Gasteiger partial charge is 0.435 e. The minimum Gasteiger partial charge on any atom is -0.387 e. The van der Waals surface area contributed by atoms with Crippen LogP contribution in [0.3, 0.4) is 0 Å². The highest BCUT2D eigenvalue weighted by molar-refractivity contribution is 5.47. The number of rotatable bonds is 2. The molecule has 0 amide bonds. The van der Waals surface area contributed by atoms with Gasteiger partial charge in [-0.3, -0.25) is 4.98 Å². The van der Waals surface area contributed by atoms with Crippen LogP contribution in [-0.4, -0.2) is 21.8 Å². The Balaban J connectivity index is 2.37. The Morgan fingerprint density at radius 1 is 1.29 bits per heavy atom. The monoisotopic (exact) mass is 242 g/mol. The molecule has 2 rings (SSSR count). The van der Waals surface area contributed by atoms with Crippen molar-refractivity contribution < 1.29 is 13.2 Å². The Hall–Kier alpha value is -2.05. The minimum absolute atomic E-state index is 0.465. The fraction of sp³-hybridized carbons (Fsp3) is 0.200. The van der Waals surface area contributed by atoms with Crippen molar-refractivity contribution >= 4 is 5.69 Å². The molecule has 1 N–H and O–H groups in total. The van der Waals surface area contributed by atoms with Crippen molar-refractivity contribution in [3.05, 3.63) is 36.4 Å². The van der Waals surface area contributed by atoms with Gasteiger partial charge in [-0.15, -0.1) is 0 Å². The van der Waals surface area contributed by atoms with Crippen molar-refractivity contribution in [3.8, 4) is 5.69 Å². The lowest BCUT2D eigenvalue weighted by Gasteiger charge is -2.04. The van der Waals surface area contributed by atoms with E-state index in [0.717, 1.165) is 10.7 Å². The summed E-state index contributed by atoms with van der Waals surface area (Å²) in [7, 11) is 1.70. The fourth-order valence-corrected chi connectivity index (χ4v) is 1.31. The summed E-state index contributed by atoms with van der Waals surface area (Å²) in [6, 6.07) is 2.58. The lowest BCUT2D eigenvalue weighted by molar-refractivity contribution is -0.141. The van der Waals surface area contributed by atoms with Crippen molar-refractivity contribution in [1.29, 1.82) is 0 Å². The van der Waals surface area contributed by atoms with Crippen molar-refractivity contribution in [2.45, 2.75) is 6.18 Å². The Labute approximate surface area is 95.1 Å². The van der Waals surface area contributed by atoms with E-state index in [9.17, 15) is 13.2 Å². The summed E-state index contributed by atoms with van der Waals surface area (Å²) >= 11 is 0. The average Bonchev–Trinajstić information content (AvgIpc) is 2.78. The van der Waals surface area contributed by atoms with Crippen molar-refractivity contribution in [2.24, 2.45) is 0 Å². The van der Waals surface area contributed by atoms with Crippen molar-refractivity contribution in [2.75, 3.05) is 12.4 Å². The standard InChI is InChI=1S/C10H9F3N4/c1-14-7-4-8(6-15-5-7)17-3-2-9(16-17)10(11,12)13/h2-6,14H,1H3. The Kier molecular flexibility index (Phi) is 2.74. The molecule has 2 aromatic rings. The van der Waals surface area contributed by atoms with Crippen LogP contribution < -0.4 is 5.32 Å². The quantitative estimate of drug-likeness (QED) is 0.878. The number of nitrogens with one attached hydrogen (secondary N) is 1. The summed E-state index contributed by atoms with van der Waals surface area (Å²) in [6.45, 7) is 0. The van der Waals surface area contributed by atoms with Gasteiger partial charge in [-0.2, -0.15) is 18.3 Å². The number of nitrogens with zero attached hydrogens (tertiary/aromatic N) is 3. The molecule has 0 radical (unpaired) electrons. The highest BCUT2D eigenvalue weighted by Gasteiger charge is 2.33. The summed E-state index contributed by atoms with van der Waals surface area (Å²) in [5.41, 5.74) is 0.242. The second kappa shape index (κ2) is 4.08. The lowest BCUT2D eigenvalue weighted by atomic mass is 10.4. The molecule has 7 heteroatoms. The van der Waals surface area contributed by atoms with Gasteiger partial charge >= 0.3 is 6.18 Å². The van der Waals surface area contributed by atoms with E-state index in [4.69, 9.17) is 0 Å². The van der Waals surface area contributed by atoms with Gasteiger partial charge in [-0.05, 0) is 12.1 Å². The van der Waals surface area contributed by atoms with Gasteiger partial charge in [0.25, 0.3) is 0 Å². The van der Waals surface area contributed by atoms with Crippen LogP contribution >= 0.6 is 0 Å². The predicted octanol–water partition coefficient (Wildman–Crippen LogP) is 2.33. The average molecular weight is 242 g/mol. The molecule has 2 aromatic heterocycles. The highest BCUT2D eigenvalue weighted by atomic mass is 19.4. The van der Waals surface area contributed by atoms with E-state index >= 15 is 0 Å². The van der Waals surface area contributed by atoms with E-state index in [0.29, 0.717) is 11.4 Å². The molecule has 2 heterocycles. The third-order valence-corrected chi connectivity index (χ3v) is 2.16. The van der Waals surface area contributed by atoms with Gasteiger partial charge in [-0.25, -0.2) is 4.68 Å². The number of hydrogen-bond acceptors (Lipinski definition) is 3. The van der Waals surface area contributed by atoms with Gasteiger partial charge in [-0.1, -0.05) is 0 Å². The van der Waals surface area contributed by atoms with E-state index in [1.54, 1.807) is 19.3 Å². The maximum absolute atomic E-state index is 12.4. The smallest absolute Gasteiger partial charge is 0.387 e. The molecule has 0 saturated heterocycles. The zero-order chi connectivity index (χ0) is 12.5. The number of pyridine rings is 1. The van der Waals surface area contributed by atoms with E-state index in [2.05, 4.69) is 15.4 Å². The predicted molar refractivity (Wildman–Crippen MR) is 55.9 cm³/mol. The number of halogens is 3. The van der Waals surface area contributed by atoms with Gasteiger partial charge in [0.15, 0.2) is 5.69 Å². The minimum atomic E-state index is -4.43. The summed E-state index contributed by atoms with van der Waals surface area (Å²) in [5, 5.41) is 6.30. The van der Waals surface area contributed by atoms with Gasteiger partial charge in [0.2, 0.25) is 0 Å². The first kappa shape index (κ1) is 11.4. The Bertz CT molecular complexity index is 518. The SMILES string of the molecule is CNc1cncc(-n2ccc(C(F)(F)F)n2)c1. The molecule has 0 unspecified atom stereocenters. The maximum Gasteiger partial charge on any atom is 0.435 e. The van der Waals surface area contributed by atoms with Crippen LogP contribution in [0.2, 0.25) is 0 Å². The van der Waals surface area contributed by atoms with Crippen LogP contribution in [0, 0.1) is 0 Å². The number of aromatic nitrogens is 3. The second-order valence-electron chi connectivity index (χ2n) is 3.33. The van der Waals surface area contributed by atoms with Crippen LogP contribution in [0.5, 0.6) is 0 Å². The van der Waals surface area contributed by atoms with Crippen LogP contribution in [0.15, 0.2) is 30.7 Å². The number of anilines is 1. The van der Waals surface area contributed by atoms with Crippen LogP contribution in [-0.2, 0) is 6.18 Å². The summed E-state index contributed by atoms with van der Waals surface area (Å²) in [5.74, 6) is 0. The molecule has 0 spiro atoms.